The maximum absolute atomic E-state index is 5.58. The predicted molar refractivity (Wildman–Crippen MR) is 67.2 cm³/mol. The number of fused-ring (bicyclic) bond motifs is 1. The van der Waals surface area contributed by atoms with Gasteiger partial charge in [-0.05, 0) is 18.6 Å². The molecule has 0 N–H and O–H groups in total. The van der Waals surface area contributed by atoms with E-state index >= 15 is 0 Å². The van der Waals surface area contributed by atoms with Crippen LogP contribution in [0.15, 0.2) is 33.9 Å². The van der Waals surface area contributed by atoms with Gasteiger partial charge in [0.15, 0.2) is 5.58 Å². The van der Waals surface area contributed by atoms with Gasteiger partial charge in [-0.25, -0.2) is 4.98 Å². The summed E-state index contributed by atoms with van der Waals surface area (Å²) in [6.07, 6.45) is 2.49. The van der Waals surface area contributed by atoms with E-state index in [9.17, 15) is 0 Å². The van der Waals surface area contributed by atoms with Crippen LogP contribution < -0.4 is 0 Å². The molecule has 0 bridgehead atoms. The molecule has 0 radical (unpaired) electrons. The van der Waals surface area contributed by atoms with Crippen LogP contribution in [-0.2, 0) is 0 Å². The third-order valence-corrected chi connectivity index (χ3v) is 4.16. The van der Waals surface area contributed by atoms with E-state index in [1.165, 1.54) is 12.8 Å². The molecule has 0 spiro atoms. The molecule has 0 fully saturated rings. The van der Waals surface area contributed by atoms with Crippen LogP contribution in [0.25, 0.3) is 11.1 Å². The zero-order valence-corrected chi connectivity index (χ0v) is 10.2. The van der Waals surface area contributed by atoms with Crippen molar-refractivity contribution in [1.29, 1.82) is 0 Å². The number of para-hydroxylation sites is 2. The standard InChI is InChI=1S/C11H13NOS2/c1-2-3-8-14-15-11-12-9-6-4-5-7-10(9)13-11/h4-7H,2-3,8H2,1H3. The van der Waals surface area contributed by atoms with Crippen molar-refractivity contribution in [3.05, 3.63) is 24.3 Å². The minimum Gasteiger partial charge on any atom is -0.431 e. The van der Waals surface area contributed by atoms with E-state index in [-0.39, 0.29) is 0 Å². The van der Waals surface area contributed by atoms with E-state index < -0.39 is 0 Å². The molecule has 80 valence electrons. The van der Waals surface area contributed by atoms with E-state index in [0.717, 1.165) is 22.1 Å². The number of nitrogens with zero attached hydrogens (tertiary/aromatic N) is 1. The Kier molecular flexibility index (Phi) is 3.97. The first-order chi connectivity index (χ1) is 7.40. The van der Waals surface area contributed by atoms with E-state index in [1.54, 1.807) is 21.6 Å². The van der Waals surface area contributed by atoms with Gasteiger partial charge in [-0.1, -0.05) is 36.3 Å². The summed E-state index contributed by atoms with van der Waals surface area (Å²) in [5.41, 5.74) is 1.81. The fourth-order valence-corrected chi connectivity index (χ4v) is 3.15. The highest BCUT2D eigenvalue weighted by Gasteiger charge is 2.04. The van der Waals surface area contributed by atoms with Crippen molar-refractivity contribution in [2.24, 2.45) is 0 Å². The third kappa shape index (κ3) is 2.92. The molecule has 2 nitrogen and oxygen atoms in total. The molecule has 0 saturated carbocycles. The molecule has 2 rings (SSSR count). The highest BCUT2D eigenvalue weighted by molar-refractivity contribution is 8.76. The Morgan fingerprint density at radius 3 is 3.00 bits per heavy atom. The van der Waals surface area contributed by atoms with Crippen molar-refractivity contribution >= 4 is 32.7 Å². The minimum absolute atomic E-state index is 0.761. The van der Waals surface area contributed by atoms with Crippen molar-refractivity contribution < 1.29 is 4.42 Å². The molecular weight excluding hydrogens is 226 g/mol. The van der Waals surface area contributed by atoms with Crippen molar-refractivity contribution in [2.75, 3.05) is 5.75 Å². The van der Waals surface area contributed by atoms with Gasteiger partial charge in [-0.15, -0.1) is 0 Å². The van der Waals surface area contributed by atoms with Crippen LogP contribution in [0.3, 0.4) is 0 Å². The Bertz CT molecular complexity index is 394. The zero-order chi connectivity index (χ0) is 10.5. The summed E-state index contributed by atoms with van der Waals surface area (Å²) < 4.78 is 5.58. The molecule has 1 aromatic heterocycles. The zero-order valence-electron chi connectivity index (χ0n) is 8.60. The second kappa shape index (κ2) is 5.47. The van der Waals surface area contributed by atoms with Crippen LogP contribution in [0.2, 0.25) is 0 Å². The fraction of sp³-hybridized carbons (Fsp3) is 0.364. The average molecular weight is 239 g/mol. The van der Waals surface area contributed by atoms with Gasteiger partial charge in [0, 0.05) is 16.5 Å². The van der Waals surface area contributed by atoms with Crippen LogP contribution in [0.4, 0.5) is 0 Å². The average Bonchev–Trinajstić information content (AvgIpc) is 2.67. The molecule has 15 heavy (non-hydrogen) atoms. The van der Waals surface area contributed by atoms with Crippen LogP contribution in [0.5, 0.6) is 0 Å². The van der Waals surface area contributed by atoms with Crippen LogP contribution >= 0.6 is 21.6 Å². The van der Waals surface area contributed by atoms with Gasteiger partial charge in [-0.2, -0.15) is 0 Å². The summed E-state index contributed by atoms with van der Waals surface area (Å²) in [5, 5.41) is 0.761. The Balaban J connectivity index is 1.97. The van der Waals surface area contributed by atoms with E-state index in [2.05, 4.69) is 11.9 Å². The summed E-state index contributed by atoms with van der Waals surface area (Å²) in [7, 11) is 3.43. The monoisotopic (exact) mass is 239 g/mol. The summed E-state index contributed by atoms with van der Waals surface area (Å²) in [4.78, 5) is 4.39. The number of aromatic nitrogens is 1. The number of benzene rings is 1. The van der Waals surface area contributed by atoms with E-state index in [4.69, 9.17) is 4.42 Å². The highest BCUT2D eigenvalue weighted by Crippen LogP contribution is 2.32. The van der Waals surface area contributed by atoms with Crippen molar-refractivity contribution in [3.8, 4) is 0 Å². The van der Waals surface area contributed by atoms with Gasteiger partial charge in [0.05, 0.1) is 0 Å². The Hall–Kier alpha value is -0.610. The Morgan fingerprint density at radius 1 is 1.33 bits per heavy atom. The second-order valence-corrected chi connectivity index (χ2v) is 5.57. The SMILES string of the molecule is CCCCSSc1nc2ccccc2o1. The lowest BCUT2D eigenvalue weighted by molar-refractivity contribution is 0.491. The molecule has 1 heterocycles. The van der Waals surface area contributed by atoms with Gasteiger partial charge >= 0.3 is 0 Å². The molecule has 0 unspecified atom stereocenters. The number of rotatable bonds is 5. The third-order valence-electron chi connectivity index (χ3n) is 1.99. The van der Waals surface area contributed by atoms with E-state index in [0.29, 0.717) is 0 Å². The lowest BCUT2D eigenvalue weighted by Crippen LogP contribution is -1.73. The van der Waals surface area contributed by atoms with Gasteiger partial charge in [0.2, 0.25) is 0 Å². The molecule has 0 aliphatic carbocycles. The first-order valence-corrected chi connectivity index (χ1v) is 7.37. The second-order valence-electron chi connectivity index (χ2n) is 3.21. The molecule has 0 atom stereocenters. The maximum Gasteiger partial charge on any atom is 0.267 e. The number of oxazole rings is 1. The molecule has 0 aliphatic rings. The normalized spacial score (nSPS) is 11.0. The Labute approximate surface area is 97.2 Å². The fourth-order valence-electron chi connectivity index (χ4n) is 1.18. The van der Waals surface area contributed by atoms with Gasteiger partial charge < -0.3 is 4.42 Å². The Morgan fingerprint density at radius 2 is 2.20 bits per heavy atom. The van der Waals surface area contributed by atoms with Gasteiger partial charge in [0.1, 0.15) is 5.52 Å². The molecule has 0 aliphatic heterocycles. The minimum atomic E-state index is 0.761. The van der Waals surface area contributed by atoms with Gasteiger partial charge in [0.25, 0.3) is 5.22 Å². The number of unbranched alkanes of at least 4 members (excludes halogenated alkanes) is 1. The molecular formula is C11H13NOS2. The lowest BCUT2D eigenvalue weighted by Gasteiger charge is -1.93. The summed E-state index contributed by atoms with van der Waals surface area (Å²) in [6.45, 7) is 2.20. The summed E-state index contributed by atoms with van der Waals surface area (Å²) >= 11 is 0. The smallest absolute Gasteiger partial charge is 0.267 e. The van der Waals surface area contributed by atoms with E-state index in [1.807, 2.05) is 24.3 Å². The van der Waals surface area contributed by atoms with Crippen molar-refractivity contribution in [3.63, 3.8) is 0 Å². The quantitative estimate of drug-likeness (QED) is 0.571. The van der Waals surface area contributed by atoms with Crippen molar-refractivity contribution in [2.45, 2.75) is 25.0 Å². The molecule has 2 aromatic rings. The first kappa shape index (κ1) is 10.9. The topological polar surface area (TPSA) is 26.0 Å². The first-order valence-electron chi connectivity index (χ1n) is 5.05. The van der Waals surface area contributed by atoms with Crippen LogP contribution in [0.1, 0.15) is 19.8 Å². The lowest BCUT2D eigenvalue weighted by atomic mass is 10.3. The molecule has 0 saturated heterocycles. The summed E-state index contributed by atoms with van der Waals surface area (Å²) in [5.74, 6) is 1.15. The maximum atomic E-state index is 5.58. The van der Waals surface area contributed by atoms with Gasteiger partial charge in [-0.3, -0.25) is 0 Å². The number of hydrogen-bond donors (Lipinski definition) is 0. The van der Waals surface area contributed by atoms with Crippen molar-refractivity contribution in [1.82, 2.24) is 4.98 Å². The molecule has 0 amide bonds. The largest absolute Gasteiger partial charge is 0.431 e. The predicted octanol–water partition coefficient (Wildman–Crippen LogP) is 4.37. The molecule has 1 aromatic carbocycles. The number of hydrogen-bond acceptors (Lipinski definition) is 4. The molecule has 4 heteroatoms. The van der Waals surface area contributed by atoms with Crippen LogP contribution in [0, 0.1) is 0 Å². The summed E-state index contributed by atoms with van der Waals surface area (Å²) in [6, 6.07) is 7.86. The highest BCUT2D eigenvalue weighted by atomic mass is 33.1. The van der Waals surface area contributed by atoms with Crippen LogP contribution in [-0.4, -0.2) is 10.7 Å².